The summed E-state index contributed by atoms with van der Waals surface area (Å²) in [6.07, 6.45) is 0. The number of ether oxygens (including phenoxy) is 1. The van der Waals surface area contributed by atoms with Crippen molar-refractivity contribution < 1.29 is 19.1 Å². The van der Waals surface area contributed by atoms with E-state index >= 15 is 0 Å². The number of amides is 3. The van der Waals surface area contributed by atoms with Crippen molar-refractivity contribution in [1.82, 2.24) is 10.6 Å². The van der Waals surface area contributed by atoms with Gasteiger partial charge in [-0.25, -0.2) is 0 Å². The van der Waals surface area contributed by atoms with Crippen LogP contribution < -0.4 is 20.7 Å². The molecule has 1 aromatic carbocycles. The largest absolute Gasteiger partial charge is 0.482 e. The first-order valence-corrected chi connectivity index (χ1v) is 9.43. The van der Waals surface area contributed by atoms with Crippen LogP contribution >= 0.6 is 27.3 Å². The number of halogens is 1. The van der Waals surface area contributed by atoms with Gasteiger partial charge in [0, 0.05) is 0 Å². The Kier molecular flexibility index (Phi) is 5.58. The van der Waals surface area contributed by atoms with Gasteiger partial charge in [0.2, 0.25) is 5.91 Å². The first kappa shape index (κ1) is 18.4. The summed E-state index contributed by atoms with van der Waals surface area (Å²) in [6.45, 7) is 1.70. The first-order chi connectivity index (χ1) is 12.4. The quantitative estimate of drug-likeness (QED) is 0.668. The molecule has 1 aliphatic heterocycles. The third-order valence-electron chi connectivity index (χ3n) is 3.72. The van der Waals surface area contributed by atoms with Crippen molar-refractivity contribution in [2.24, 2.45) is 0 Å². The van der Waals surface area contributed by atoms with Gasteiger partial charge in [-0.1, -0.05) is 6.07 Å². The molecule has 9 heteroatoms. The lowest BCUT2D eigenvalue weighted by molar-refractivity contribution is -0.121. The van der Waals surface area contributed by atoms with Gasteiger partial charge in [0.05, 0.1) is 26.9 Å². The minimum Gasteiger partial charge on any atom is -0.482 e. The lowest BCUT2D eigenvalue weighted by atomic mass is 10.1. The summed E-state index contributed by atoms with van der Waals surface area (Å²) >= 11 is 4.59. The molecule has 2 aromatic rings. The topological polar surface area (TPSA) is 96.5 Å². The predicted molar refractivity (Wildman–Crippen MR) is 101 cm³/mol. The predicted octanol–water partition coefficient (Wildman–Crippen LogP) is 2.45. The zero-order valence-corrected chi connectivity index (χ0v) is 16.2. The molecule has 1 unspecified atom stereocenters. The second-order valence-corrected chi connectivity index (χ2v) is 8.13. The van der Waals surface area contributed by atoms with E-state index in [0.717, 1.165) is 9.35 Å². The van der Waals surface area contributed by atoms with E-state index in [1.54, 1.807) is 24.3 Å². The van der Waals surface area contributed by atoms with Crippen LogP contribution in [0.1, 0.15) is 28.2 Å². The van der Waals surface area contributed by atoms with Crippen LogP contribution in [0.4, 0.5) is 5.69 Å². The van der Waals surface area contributed by atoms with Gasteiger partial charge in [-0.15, -0.1) is 11.3 Å². The zero-order valence-electron chi connectivity index (χ0n) is 13.8. The molecule has 0 bridgehead atoms. The molecule has 1 aliphatic rings. The standard InChI is InChI=1S/C17H16BrN3O4S/c1-9(10-2-3-12-11(6-10)21-16(23)8-25-12)20-15(22)7-19-17(24)13-4-5-14(18)26-13/h2-6,9H,7-8H2,1H3,(H,19,24)(H,20,22)(H,21,23). The van der Waals surface area contributed by atoms with Crippen LogP contribution in [-0.2, 0) is 9.59 Å². The Bertz CT molecular complexity index is 867. The van der Waals surface area contributed by atoms with Gasteiger partial charge in [-0.2, -0.15) is 0 Å². The maximum absolute atomic E-state index is 12.1. The summed E-state index contributed by atoms with van der Waals surface area (Å²) in [4.78, 5) is 36.0. The number of benzene rings is 1. The number of carbonyl (C=O) groups excluding carboxylic acids is 3. The summed E-state index contributed by atoms with van der Waals surface area (Å²) in [5, 5.41) is 8.13. The van der Waals surface area contributed by atoms with Crippen molar-refractivity contribution >= 4 is 50.7 Å². The van der Waals surface area contributed by atoms with E-state index in [4.69, 9.17) is 4.74 Å². The van der Waals surface area contributed by atoms with E-state index in [9.17, 15) is 14.4 Å². The number of anilines is 1. The number of fused-ring (bicyclic) bond motifs is 1. The highest BCUT2D eigenvalue weighted by Crippen LogP contribution is 2.30. The van der Waals surface area contributed by atoms with Gasteiger partial charge in [0.15, 0.2) is 6.61 Å². The van der Waals surface area contributed by atoms with E-state index < -0.39 is 0 Å². The fourth-order valence-corrected chi connectivity index (χ4v) is 3.73. The minimum absolute atomic E-state index is 0.000847. The van der Waals surface area contributed by atoms with Crippen LogP contribution in [0.5, 0.6) is 5.75 Å². The lowest BCUT2D eigenvalue weighted by Crippen LogP contribution is -2.37. The molecule has 0 spiro atoms. The average Bonchev–Trinajstić information content (AvgIpc) is 3.05. The van der Waals surface area contributed by atoms with Crippen molar-refractivity contribution in [2.75, 3.05) is 18.5 Å². The summed E-state index contributed by atoms with van der Waals surface area (Å²) < 4.78 is 6.16. The van der Waals surface area contributed by atoms with Crippen molar-refractivity contribution in [3.05, 3.63) is 44.6 Å². The van der Waals surface area contributed by atoms with Crippen LogP contribution in [-0.4, -0.2) is 30.9 Å². The van der Waals surface area contributed by atoms with Gasteiger partial charge < -0.3 is 20.7 Å². The Morgan fingerprint density at radius 3 is 2.88 bits per heavy atom. The summed E-state index contributed by atoms with van der Waals surface area (Å²) in [5.74, 6) is -0.216. The van der Waals surface area contributed by atoms with Crippen LogP contribution in [0.15, 0.2) is 34.1 Å². The molecule has 1 aromatic heterocycles. The summed E-state index contributed by atoms with van der Waals surface area (Å²) in [5.41, 5.74) is 1.40. The fraction of sp³-hybridized carbons (Fsp3) is 0.235. The molecule has 0 saturated heterocycles. The van der Waals surface area contributed by atoms with Gasteiger partial charge in [-0.3, -0.25) is 14.4 Å². The number of hydrogen-bond acceptors (Lipinski definition) is 5. The first-order valence-electron chi connectivity index (χ1n) is 7.82. The van der Waals surface area contributed by atoms with Crippen LogP contribution in [0.25, 0.3) is 0 Å². The number of nitrogens with one attached hydrogen (secondary N) is 3. The smallest absolute Gasteiger partial charge is 0.262 e. The van der Waals surface area contributed by atoms with Crippen LogP contribution in [0.2, 0.25) is 0 Å². The minimum atomic E-state index is -0.306. The molecule has 3 N–H and O–H groups in total. The monoisotopic (exact) mass is 437 g/mol. The molecule has 2 heterocycles. The van der Waals surface area contributed by atoms with E-state index in [2.05, 4.69) is 31.9 Å². The highest BCUT2D eigenvalue weighted by molar-refractivity contribution is 9.11. The molecule has 1 atom stereocenters. The van der Waals surface area contributed by atoms with Crippen molar-refractivity contribution in [3.8, 4) is 5.75 Å². The second kappa shape index (κ2) is 7.88. The number of rotatable bonds is 5. The Balaban J connectivity index is 1.55. The maximum atomic E-state index is 12.1. The molecule has 0 radical (unpaired) electrons. The third-order valence-corrected chi connectivity index (χ3v) is 5.34. The molecule has 3 rings (SSSR count). The molecule has 0 aliphatic carbocycles. The maximum Gasteiger partial charge on any atom is 0.262 e. The second-order valence-electron chi connectivity index (χ2n) is 5.67. The molecule has 3 amide bonds. The van der Waals surface area contributed by atoms with Crippen LogP contribution in [0, 0.1) is 0 Å². The molecule has 0 fully saturated rings. The van der Waals surface area contributed by atoms with Gasteiger partial charge in [-0.05, 0) is 52.7 Å². The Morgan fingerprint density at radius 1 is 1.35 bits per heavy atom. The van der Waals surface area contributed by atoms with Gasteiger partial charge in [0.25, 0.3) is 11.8 Å². The molecular weight excluding hydrogens is 422 g/mol. The number of carbonyl (C=O) groups is 3. The highest BCUT2D eigenvalue weighted by atomic mass is 79.9. The zero-order chi connectivity index (χ0) is 18.7. The fourth-order valence-electron chi connectivity index (χ4n) is 2.43. The van der Waals surface area contributed by atoms with Crippen LogP contribution in [0.3, 0.4) is 0 Å². The van der Waals surface area contributed by atoms with E-state index in [1.165, 1.54) is 11.3 Å². The van der Waals surface area contributed by atoms with Crippen molar-refractivity contribution in [2.45, 2.75) is 13.0 Å². The van der Waals surface area contributed by atoms with Crippen molar-refractivity contribution in [3.63, 3.8) is 0 Å². The van der Waals surface area contributed by atoms with E-state index in [0.29, 0.717) is 16.3 Å². The van der Waals surface area contributed by atoms with Crippen molar-refractivity contribution in [1.29, 1.82) is 0 Å². The van der Waals surface area contributed by atoms with E-state index in [1.807, 2.05) is 13.0 Å². The lowest BCUT2D eigenvalue weighted by Gasteiger charge is -2.21. The van der Waals surface area contributed by atoms with Gasteiger partial charge in [0.1, 0.15) is 5.75 Å². The Labute approximate surface area is 162 Å². The molecular formula is C17H16BrN3O4S. The molecule has 26 heavy (non-hydrogen) atoms. The Hall–Kier alpha value is -2.39. The Morgan fingerprint density at radius 2 is 2.15 bits per heavy atom. The molecule has 7 nitrogen and oxygen atoms in total. The molecule has 136 valence electrons. The highest BCUT2D eigenvalue weighted by Gasteiger charge is 2.18. The number of hydrogen-bond donors (Lipinski definition) is 3. The SMILES string of the molecule is CC(NC(=O)CNC(=O)c1ccc(Br)s1)c1ccc2c(c1)NC(=O)CO2. The number of thiophene rings is 1. The molecule has 0 saturated carbocycles. The average molecular weight is 438 g/mol. The summed E-state index contributed by atoms with van der Waals surface area (Å²) in [7, 11) is 0. The van der Waals surface area contributed by atoms with Gasteiger partial charge >= 0.3 is 0 Å². The summed E-state index contributed by atoms with van der Waals surface area (Å²) in [6, 6.07) is 8.51. The normalized spacial score (nSPS) is 13.8. The third kappa shape index (κ3) is 4.41. The van der Waals surface area contributed by atoms with E-state index in [-0.39, 0.29) is 36.9 Å².